The first-order valence-electron chi connectivity index (χ1n) is 7.33. The quantitative estimate of drug-likeness (QED) is 0.682. The van der Waals surface area contributed by atoms with Crippen molar-refractivity contribution in [2.75, 3.05) is 6.61 Å². The van der Waals surface area contributed by atoms with Gasteiger partial charge in [-0.2, -0.15) is 0 Å². The van der Waals surface area contributed by atoms with Crippen LogP contribution in [0, 0.1) is 0 Å². The monoisotopic (exact) mass is 234 g/mol. The fourth-order valence-electron chi connectivity index (χ4n) is 2.97. The van der Waals surface area contributed by atoms with Crippen molar-refractivity contribution in [1.82, 2.24) is 0 Å². The fourth-order valence-corrected chi connectivity index (χ4v) is 2.97. The van der Waals surface area contributed by atoms with E-state index in [1.54, 1.807) is 0 Å². The molecule has 0 unspecified atom stereocenters. The Bertz CT molecular complexity index is 270. The highest BCUT2D eigenvalue weighted by Crippen LogP contribution is 2.39. The largest absolute Gasteiger partial charge is 0.371 e. The smallest absolute Gasteiger partial charge is 0.0690 e. The molecule has 2 fully saturated rings. The molecule has 0 bridgehead atoms. The molecule has 1 aliphatic carbocycles. The normalized spacial score (nSPS) is 27.0. The Morgan fingerprint density at radius 1 is 1.18 bits per heavy atom. The van der Waals surface area contributed by atoms with E-state index in [9.17, 15) is 0 Å². The summed E-state index contributed by atoms with van der Waals surface area (Å²) in [7, 11) is 0. The highest BCUT2D eigenvalue weighted by molar-refractivity contribution is 5.15. The Kier molecular flexibility index (Phi) is 4.85. The Balaban J connectivity index is 1.80. The number of unbranched alkanes of at least 4 members (excludes halogenated alkanes) is 1. The lowest BCUT2D eigenvalue weighted by atomic mass is 9.79. The van der Waals surface area contributed by atoms with Crippen molar-refractivity contribution in [3.63, 3.8) is 0 Å². The van der Waals surface area contributed by atoms with Gasteiger partial charge in [-0.3, -0.25) is 0 Å². The Morgan fingerprint density at radius 3 is 2.65 bits per heavy atom. The molecule has 1 saturated carbocycles. The van der Waals surface area contributed by atoms with Crippen LogP contribution in [0.15, 0.2) is 23.8 Å². The van der Waals surface area contributed by atoms with Gasteiger partial charge in [0.05, 0.1) is 12.2 Å². The molecule has 1 aliphatic heterocycles. The lowest BCUT2D eigenvalue weighted by Crippen LogP contribution is -2.38. The van der Waals surface area contributed by atoms with Crippen molar-refractivity contribution in [1.29, 1.82) is 0 Å². The molecule has 1 heterocycles. The minimum absolute atomic E-state index is 0.267. The maximum atomic E-state index is 6.17. The number of hydrogen-bond acceptors (Lipinski definition) is 1. The summed E-state index contributed by atoms with van der Waals surface area (Å²) in [5.74, 6) is 0. The van der Waals surface area contributed by atoms with Crippen LogP contribution < -0.4 is 0 Å². The minimum atomic E-state index is 0.267. The van der Waals surface area contributed by atoms with Crippen molar-refractivity contribution in [2.45, 2.75) is 70.3 Å². The summed E-state index contributed by atoms with van der Waals surface area (Å²) in [6, 6.07) is 0. The summed E-state index contributed by atoms with van der Waals surface area (Å²) in [4.78, 5) is 0. The second-order valence-electron chi connectivity index (χ2n) is 5.57. The highest BCUT2D eigenvalue weighted by Gasteiger charge is 2.35. The van der Waals surface area contributed by atoms with Crippen molar-refractivity contribution >= 4 is 0 Å². The molecule has 1 spiro atoms. The van der Waals surface area contributed by atoms with Gasteiger partial charge in [-0.15, -0.1) is 0 Å². The van der Waals surface area contributed by atoms with Gasteiger partial charge in [0.1, 0.15) is 0 Å². The maximum Gasteiger partial charge on any atom is 0.0690 e. The third kappa shape index (κ3) is 3.70. The predicted octanol–water partition coefficient (Wildman–Crippen LogP) is 4.78. The molecular formula is C16H26O. The number of allylic oxidation sites excluding steroid dienone is 3. The predicted molar refractivity (Wildman–Crippen MR) is 73.1 cm³/mol. The fraction of sp³-hybridized carbons (Fsp3) is 0.750. The Morgan fingerprint density at radius 2 is 2.00 bits per heavy atom. The van der Waals surface area contributed by atoms with Crippen molar-refractivity contribution in [3.05, 3.63) is 23.8 Å². The Hall–Kier alpha value is -0.560. The second kappa shape index (κ2) is 6.39. The van der Waals surface area contributed by atoms with Crippen LogP contribution in [0.4, 0.5) is 0 Å². The lowest BCUT2D eigenvalue weighted by molar-refractivity contribution is -0.0815. The van der Waals surface area contributed by atoms with Gasteiger partial charge < -0.3 is 4.74 Å². The van der Waals surface area contributed by atoms with Gasteiger partial charge in [-0.05, 0) is 37.7 Å². The van der Waals surface area contributed by atoms with Crippen molar-refractivity contribution < 1.29 is 4.74 Å². The van der Waals surface area contributed by atoms with Crippen LogP contribution in [0.1, 0.15) is 64.7 Å². The zero-order valence-electron chi connectivity index (χ0n) is 11.2. The van der Waals surface area contributed by atoms with Crippen LogP contribution in [0.2, 0.25) is 0 Å². The average Bonchev–Trinajstić information content (AvgIpc) is 2.38. The summed E-state index contributed by atoms with van der Waals surface area (Å²) in [6.07, 6.45) is 18.4. The number of hydrogen-bond donors (Lipinski definition) is 0. The second-order valence-corrected chi connectivity index (χ2v) is 5.57. The molecule has 96 valence electrons. The van der Waals surface area contributed by atoms with E-state index in [0.717, 1.165) is 6.61 Å². The molecule has 17 heavy (non-hydrogen) atoms. The van der Waals surface area contributed by atoms with E-state index in [4.69, 9.17) is 4.74 Å². The van der Waals surface area contributed by atoms with Crippen molar-refractivity contribution in [2.24, 2.45) is 0 Å². The van der Waals surface area contributed by atoms with Gasteiger partial charge in [-0.25, -0.2) is 0 Å². The highest BCUT2D eigenvalue weighted by atomic mass is 16.5. The molecule has 2 aliphatic rings. The molecule has 0 atom stereocenters. The molecule has 0 radical (unpaired) electrons. The number of rotatable bonds is 3. The van der Waals surface area contributed by atoms with E-state index in [2.05, 4.69) is 25.2 Å². The van der Waals surface area contributed by atoms with E-state index in [1.165, 1.54) is 63.4 Å². The SMILES string of the molecule is CCCC=CC=C1CCC2(CCCCC2)OC1. The molecule has 1 saturated heterocycles. The first-order chi connectivity index (χ1) is 8.35. The molecule has 0 aromatic heterocycles. The summed E-state index contributed by atoms with van der Waals surface area (Å²) in [5, 5.41) is 0. The first-order valence-corrected chi connectivity index (χ1v) is 7.33. The van der Waals surface area contributed by atoms with Gasteiger partial charge in [0.2, 0.25) is 0 Å². The van der Waals surface area contributed by atoms with Gasteiger partial charge in [0.15, 0.2) is 0 Å². The molecule has 0 aromatic carbocycles. The van der Waals surface area contributed by atoms with E-state index >= 15 is 0 Å². The molecule has 0 amide bonds. The van der Waals surface area contributed by atoms with Crippen LogP contribution in [-0.4, -0.2) is 12.2 Å². The maximum absolute atomic E-state index is 6.17. The summed E-state index contributed by atoms with van der Waals surface area (Å²) in [6.45, 7) is 3.09. The van der Waals surface area contributed by atoms with E-state index in [0.29, 0.717) is 0 Å². The first kappa shape index (κ1) is 12.9. The van der Waals surface area contributed by atoms with Gasteiger partial charge in [0, 0.05) is 0 Å². The number of ether oxygens (including phenoxy) is 1. The summed E-state index contributed by atoms with van der Waals surface area (Å²) in [5.41, 5.74) is 1.75. The van der Waals surface area contributed by atoms with Crippen LogP contribution in [0.5, 0.6) is 0 Å². The van der Waals surface area contributed by atoms with Crippen LogP contribution >= 0.6 is 0 Å². The average molecular weight is 234 g/mol. The third-order valence-electron chi connectivity index (χ3n) is 4.15. The van der Waals surface area contributed by atoms with Gasteiger partial charge in [-0.1, -0.05) is 50.8 Å². The topological polar surface area (TPSA) is 9.23 Å². The molecule has 1 heteroatoms. The molecular weight excluding hydrogens is 208 g/mol. The van der Waals surface area contributed by atoms with E-state index < -0.39 is 0 Å². The van der Waals surface area contributed by atoms with Crippen LogP contribution in [0.25, 0.3) is 0 Å². The summed E-state index contributed by atoms with van der Waals surface area (Å²) < 4.78 is 6.17. The zero-order valence-corrected chi connectivity index (χ0v) is 11.2. The molecule has 0 aromatic rings. The van der Waals surface area contributed by atoms with Crippen molar-refractivity contribution in [3.8, 4) is 0 Å². The third-order valence-corrected chi connectivity index (χ3v) is 4.15. The van der Waals surface area contributed by atoms with E-state index in [1.807, 2.05) is 0 Å². The molecule has 0 N–H and O–H groups in total. The Labute approximate surface area is 106 Å². The minimum Gasteiger partial charge on any atom is -0.371 e. The summed E-state index contributed by atoms with van der Waals surface area (Å²) >= 11 is 0. The van der Waals surface area contributed by atoms with Gasteiger partial charge >= 0.3 is 0 Å². The molecule has 1 nitrogen and oxygen atoms in total. The lowest BCUT2D eigenvalue weighted by Gasteiger charge is -2.41. The van der Waals surface area contributed by atoms with Crippen LogP contribution in [0.3, 0.4) is 0 Å². The van der Waals surface area contributed by atoms with Crippen LogP contribution in [-0.2, 0) is 4.74 Å². The standard InChI is InChI=1S/C16H26O/c1-2-3-4-6-9-15-10-13-16(17-14-15)11-7-5-8-12-16/h4,6,9H,2-3,5,7-8,10-14H2,1H3. The van der Waals surface area contributed by atoms with E-state index in [-0.39, 0.29) is 5.60 Å². The zero-order chi connectivity index (χ0) is 12.0. The van der Waals surface area contributed by atoms with Gasteiger partial charge in [0.25, 0.3) is 0 Å². The molecule has 2 rings (SSSR count).